The van der Waals surface area contributed by atoms with E-state index in [9.17, 15) is 0 Å². The zero-order chi connectivity index (χ0) is 8.55. The Morgan fingerprint density at radius 2 is 2.33 bits per heavy atom. The molecule has 1 heterocycles. The molecule has 0 amide bonds. The number of nitrogen functional groups attached to an aromatic ring is 1. The monoisotopic (exact) mass is 164 g/mol. The van der Waals surface area contributed by atoms with Crippen molar-refractivity contribution in [2.75, 3.05) is 12.8 Å². The van der Waals surface area contributed by atoms with Crippen molar-refractivity contribution in [2.24, 2.45) is 0 Å². The molecule has 1 aromatic carbocycles. The van der Waals surface area contributed by atoms with E-state index in [1.54, 1.807) is 25.4 Å². The van der Waals surface area contributed by atoms with E-state index in [0.29, 0.717) is 17.0 Å². The molecule has 0 spiro atoms. The second-order valence-electron chi connectivity index (χ2n) is 2.46. The molecule has 0 aliphatic heterocycles. The first-order valence-electron chi connectivity index (χ1n) is 3.49. The van der Waals surface area contributed by atoms with E-state index < -0.39 is 0 Å². The largest absolute Gasteiger partial charge is 0.495 e. The van der Waals surface area contributed by atoms with Crippen LogP contribution in [0.4, 0.5) is 5.69 Å². The van der Waals surface area contributed by atoms with Crippen molar-refractivity contribution in [3.63, 3.8) is 0 Å². The minimum atomic E-state index is 0.557. The number of ether oxygens (including phenoxy) is 1. The average molecular weight is 164 g/mol. The van der Waals surface area contributed by atoms with Crippen molar-refractivity contribution in [3.05, 3.63) is 18.3 Å². The van der Waals surface area contributed by atoms with Crippen LogP contribution in [0.2, 0.25) is 0 Å². The lowest BCUT2D eigenvalue weighted by Gasteiger charge is -2.01. The van der Waals surface area contributed by atoms with Gasteiger partial charge in [-0.15, -0.1) is 0 Å². The van der Waals surface area contributed by atoms with Crippen LogP contribution in [0.3, 0.4) is 0 Å². The first kappa shape index (κ1) is 6.97. The summed E-state index contributed by atoms with van der Waals surface area (Å²) in [6.07, 6.45) is 1.62. The Labute approximate surface area is 68.9 Å². The molecule has 1 aromatic heterocycles. The van der Waals surface area contributed by atoms with Gasteiger partial charge in [-0.2, -0.15) is 0 Å². The summed E-state index contributed by atoms with van der Waals surface area (Å²) in [5.41, 5.74) is 6.88. The molecule has 4 heteroatoms. The standard InChI is InChI=1S/C8H8N2O2/c1-11-8-2-5-4-10-12-7(5)3-6(8)9/h2-4H,9H2,1H3. The highest BCUT2D eigenvalue weighted by Gasteiger charge is 2.04. The highest BCUT2D eigenvalue weighted by Crippen LogP contribution is 2.27. The van der Waals surface area contributed by atoms with E-state index in [1.807, 2.05) is 0 Å². The summed E-state index contributed by atoms with van der Waals surface area (Å²) in [6.45, 7) is 0. The predicted molar refractivity (Wildman–Crippen MR) is 45.0 cm³/mol. The van der Waals surface area contributed by atoms with E-state index in [1.165, 1.54) is 0 Å². The van der Waals surface area contributed by atoms with Crippen LogP contribution in [0.1, 0.15) is 0 Å². The summed E-state index contributed by atoms with van der Waals surface area (Å²) < 4.78 is 9.94. The summed E-state index contributed by atoms with van der Waals surface area (Å²) in [6, 6.07) is 3.49. The predicted octanol–water partition coefficient (Wildman–Crippen LogP) is 1.42. The molecule has 2 rings (SSSR count). The maximum atomic E-state index is 5.64. The first-order chi connectivity index (χ1) is 5.81. The average Bonchev–Trinajstić information content (AvgIpc) is 2.49. The maximum absolute atomic E-state index is 5.64. The van der Waals surface area contributed by atoms with Crippen molar-refractivity contribution in [1.29, 1.82) is 0 Å². The van der Waals surface area contributed by atoms with Crippen molar-refractivity contribution >= 4 is 16.7 Å². The fourth-order valence-electron chi connectivity index (χ4n) is 1.09. The van der Waals surface area contributed by atoms with Gasteiger partial charge in [0.25, 0.3) is 0 Å². The number of anilines is 1. The van der Waals surface area contributed by atoms with Crippen molar-refractivity contribution in [1.82, 2.24) is 5.16 Å². The van der Waals surface area contributed by atoms with Crippen LogP contribution in [-0.2, 0) is 0 Å². The van der Waals surface area contributed by atoms with Gasteiger partial charge >= 0.3 is 0 Å². The number of nitrogens with zero attached hydrogens (tertiary/aromatic N) is 1. The Morgan fingerprint density at radius 3 is 3.08 bits per heavy atom. The van der Waals surface area contributed by atoms with E-state index in [4.69, 9.17) is 15.0 Å². The van der Waals surface area contributed by atoms with Gasteiger partial charge in [-0.3, -0.25) is 0 Å². The first-order valence-corrected chi connectivity index (χ1v) is 3.49. The fraction of sp³-hybridized carbons (Fsp3) is 0.125. The lowest BCUT2D eigenvalue weighted by atomic mass is 10.2. The van der Waals surface area contributed by atoms with Gasteiger partial charge in [-0.05, 0) is 6.07 Å². The van der Waals surface area contributed by atoms with Crippen molar-refractivity contribution in [2.45, 2.75) is 0 Å². The van der Waals surface area contributed by atoms with Crippen LogP contribution in [0.25, 0.3) is 11.0 Å². The number of hydrogen-bond donors (Lipinski definition) is 1. The molecule has 0 saturated carbocycles. The second-order valence-corrected chi connectivity index (χ2v) is 2.46. The Kier molecular flexibility index (Phi) is 1.40. The molecule has 2 N–H and O–H groups in total. The van der Waals surface area contributed by atoms with Gasteiger partial charge in [0.1, 0.15) is 5.75 Å². The molecule has 0 fully saturated rings. The molecule has 62 valence electrons. The minimum absolute atomic E-state index is 0.557. The number of nitrogens with two attached hydrogens (primary N) is 1. The lowest BCUT2D eigenvalue weighted by Crippen LogP contribution is -1.90. The topological polar surface area (TPSA) is 61.3 Å². The van der Waals surface area contributed by atoms with Crippen molar-refractivity contribution in [3.8, 4) is 5.75 Å². The highest BCUT2D eigenvalue weighted by atomic mass is 16.5. The molecular formula is C8H8N2O2. The fourth-order valence-corrected chi connectivity index (χ4v) is 1.09. The Bertz CT molecular complexity index is 408. The van der Waals surface area contributed by atoms with Crippen LogP contribution in [0, 0.1) is 0 Å². The Morgan fingerprint density at radius 1 is 1.50 bits per heavy atom. The normalized spacial score (nSPS) is 10.4. The molecule has 12 heavy (non-hydrogen) atoms. The van der Waals surface area contributed by atoms with Crippen LogP contribution in [0.5, 0.6) is 5.75 Å². The molecule has 2 aromatic rings. The maximum Gasteiger partial charge on any atom is 0.169 e. The summed E-state index contributed by atoms with van der Waals surface area (Å²) in [7, 11) is 1.57. The van der Waals surface area contributed by atoms with Crippen LogP contribution in [0.15, 0.2) is 22.9 Å². The van der Waals surface area contributed by atoms with Crippen LogP contribution in [-0.4, -0.2) is 12.3 Å². The van der Waals surface area contributed by atoms with E-state index in [-0.39, 0.29) is 0 Å². The number of rotatable bonds is 1. The SMILES string of the molecule is COc1cc2cnoc2cc1N. The minimum Gasteiger partial charge on any atom is -0.495 e. The van der Waals surface area contributed by atoms with E-state index >= 15 is 0 Å². The summed E-state index contributed by atoms with van der Waals surface area (Å²) in [5.74, 6) is 0.644. The quantitative estimate of drug-likeness (QED) is 0.647. The third-order valence-electron chi connectivity index (χ3n) is 1.70. The molecule has 0 aliphatic carbocycles. The zero-order valence-corrected chi connectivity index (χ0v) is 6.57. The molecule has 0 bridgehead atoms. The molecule has 0 atom stereocenters. The number of aromatic nitrogens is 1. The molecule has 0 unspecified atom stereocenters. The van der Waals surface area contributed by atoms with Gasteiger partial charge in [0, 0.05) is 11.5 Å². The van der Waals surface area contributed by atoms with E-state index in [2.05, 4.69) is 5.16 Å². The van der Waals surface area contributed by atoms with Crippen LogP contribution < -0.4 is 10.5 Å². The molecular weight excluding hydrogens is 156 g/mol. The smallest absolute Gasteiger partial charge is 0.169 e. The summed E-state index contributed by atoms with van der Waals surface area (Å²) in [5, 5.41) is 4.52. The lowest BCUT2D eigenvalue weighted by molar-refractivity contribution is 0.417. The second kappa shape index (κ2) is 2.41. The van der Waals surface area contributed by atoms with Gasteiger partial charge in [0.2, 0.25) is 0 Å². The van der Waals surface area contributed by atoms with Gasteiger partial charge in [-0.1, -0.05) is 5.16 Å². The summed E-state index contributed by atoms with van der Waals surface area (Å²) in [4.78, 5) is 0. The molecule has 0 aliphatic rings. The molecule has 0 saturated heterocycles. The van der Waals surface area contributed by atoms with Crippen LogP contribution >= 0.6 is 0 Å². The zero-order valence-electron chi connectivity index (χ0n) is 6.57. The third-order valence-corrected chi connectivity index (χ3v) is 1.70. The number of benzene rings is 1. The van der Waals surface area contributed by atoms with Gasteiger partial charge < -0.3 is 15.0 Å². The Hall–Kier alpha value is -1.71. The molecule has 0 radical (unpaired) electrons. The molecule has 4 nitrogen and oxygen atoms in total. The van der Waals surface area contributed by atoms with Gasteiger partial charge in [-0.25, -0.2) is 0 Å². The Balaban J connectivity index is 2.73. The van der Waals surface area contributed by atoms with Gasteiger partial charge in [0.05, 0.1) is 19.0 Å². The number of methoxy groups -OCH3 is 1. The van der Waals surface area contributed by atoms with Gasteiger partial charge in [0.15, 0.2) is 5.58 Å². The van der Waals surface area contributed by atoms with E-state index in [0.717, 1.165) is 5.39 Å². The number of fused-ring (bicyclic) bond motifs is 1. The summed E-state index contributed by atoms with van der Waals surface area (Å²) >= 11 is 0. The number of hydrogen-bond acceptors (Lipinski definition) is 4. The van der Waals surface area contributed by atoms with Crippen molar-refractivity contribution < 1.29 is 9.26 Å². The third kappa shape index (κ3) is 0.887. The highest BCUT2D eigenvalue weighted by molar-refractivity contribution is 5.82.